The summed E-state index contributed by atoms with van der Waals surface area (Å²) < 4.78 is 4.82. The number of anilines is 1. The zero-order valence-electron chi connectivity index (χ0n) is 10.00. The van der Waals surface area contributed by atoms with Crippen LogP contribution in [0.2, 0.25) is 5.02 Å². The van der Waals surface area contributed by atoms with Crippen LogP contribution in [0.25, 0.3) is 0 Å². The lowest BCUT2D eigenvalue weighted by Crippen LogP contribution is -2.32. The van der Waals surface area contributed by atoms with Gasteiger partial charge in [0.15, 0.2) is 0 Å². The SMILES string of the molecule is COC(=O)C(Nc1cccc(Cl)c1C)C1CC1. The Kier molecular flexibility index (Phi) is 3.57. The van der Waals surface area contributed by atoms with E-state index in [1.807, 2.05) is 25.1 Å². The molecule has 4 heteroatoms. The van der Waals surface area contributed by atoms with Crippen molar-refractivity contribution >= 4 is 23.3 Å². The molecule has 0 radical (unpaired) electrons. The Labute approximate surface area is 106 Å². The zero-order chi connectivity index (χ0) is 12.4. The van der Waals surface area contributed by atoms with Crippen LogP contribution in [0.5, 0.6) is 0 Å². The molecular weight excluding hydrogens is 238 g/mol. The molecule has 1 unspecified atom stereocenters. The molecule has 1 fully saturated rings. The third kappa shape index (κ3) is 2.72. The Morgan fingerprint density at radius 3 is 2.82 bits per heavy atom. The molecule has 3 nitrogen and oxygen atoms in total. The first-order valence-electron chi connectivity index (χ1n) is 5.73. The van der Waals surface area contributed by atoms with Crippen LogP contribution in [-0.2, 0) is 9.53 Å². The van der Waals surface area contributed by atoms with E-state index in [9.17, 15) is 4.79 Å². The first-order valence-corrected chi connectivity index (χ1v) is 6.10. The van der Waals surface area contributed by atoms with Gasteiger partial charge in [-0.1, -0.05) is 17.7 Å². The zero-order valence-corrected chi connectivity index (χ0v) is 10.8. The molecular formula is C13H16ClNO2. The first kappa shape index (κ1) is 12.2. The van der Waals surface area contributed by atoms with Gasteiger partial charge in [0.25, 0.3) is 0 Å². The molecule has 0 bridgehead atoms. The Balaban J connectivity index is 2.17. The van der Waals surface area contributed by atoms with Gasteiger partial charge in [0.05, 0.1) is 7.11 Å². The Morgan fingerprint density at radius 2 is 2.24 bits per heavy atom. The van der Waals surface area contributed by atoms with Crippen LogP contribution in [0.4, 0.5) is 5.69 Å². The molecule has 2 rings (SSSR count). The second-order valence-electron chi connectivity index (χ2n) is 4.39. The van der Waals surface area contributed by atoms with Crippen LogP contribution < -0.4 is 5.32 Å². The molecule has 0 spiro atoms. The molecule has 1 N–H and O–H groups in total. The van der Waals surface area contributed by atoms with Crippen LogP contribution in [-0.4, -0.2) is 19.1 Å². The molecule has 92 valence electrons. The van der Waals surface area contributed by atoms with E-state index in [-0.39, 0.29) is 12.0 Å². The number of methoxy groups -OCH3 is 1. The fraction of sp³-hybridized carbons (Fsp3) is 0.462. The van der Waals surface area contributed by atoms with Gasteiger partial charge in [0, 0.05) is 10.7 Å². The number of rotatable bonds is 4. The highest BCUT2D eigenvalue weighted by Gasteiger charge is 2.37. The molecule has 0 saturated heterocycles. The first-order chi connectivity index (χ1) is 8.13. The summed E-state index contributed by atoms with van der Waals surface area (Å²) in [5, 5.41) is 3.94. The predicted molar refractivity (Wildman–Crippen MR) is 68.3 cm³/mol. The van der Waals surface area contributed by atoms with Crippen molar-refractivity contribution in [2.24, 2.45) is 5.92 Å². The Hall–Kier alpha value is -1.22. The van der Waals surface area contributed by atoms with Gasteiger partial charge >= 0.3 is 5.97 Å². The van der Waals surface area contributed by atoms with Gasteiger partial charge in [-0.05, 0) is 43.4 Å². The molecule has 1 aliphatic rings. The van der Waals surface area contributed by atoms with E-state index in [0.717, 1.165) is 24.1 Å². The van der Waals surface area contributed by atoms with Crippen molar-refractivity contribution in [3.05, 3.63) is 28.8 Å². The average molecular weight is 254 g/mol. The van der Waals surface area contributed by atoms with Gasteiger partial charge < -0.3 is 10.1 Å². The number of benzene rings is 1. The number of carbonyl (C=O) groups is 1. The lowest BCUT2D eigenvalue weighted by Gasteiger charge is -2.18. The third-order valence-corrected chi connectivity index (χ3v) is 3.54. The maximum absolute atomic E-state index is 11.7. The normalized spacial score (nSPS) is 16.4. The van der Waals surface area contributed by atoms with Crippen molar-refractivity contribution in [2.45, 2.75) is 25.8 Å². The van der Waals surface area contributed by atoms with Crippen LogP contribution in [0, 0.1) is 12.8 Å². The van der Waals surface area contributed by atoms with Crippen molar-refractivity contribution in [3.8, 4) is 0 Å². The number of carbonyl (C=O) groups excluding carboxylic acids is 1. The van der Waals surface area contributed by atoms with E-state index in [1.54, 1.807) is 0 Å². The number of ether oxygens (including phenoxy) is 1. The molecule has 0 aromatic heterocycles. The molecule has 1 saturated carbocycles. The van der Waals surface area contributed by atoms with Gasteiger partial charge in [-0.15, -0.1) is 0 Å². The summed E-state index contributed by atoms with van der Waals surface area (Å²) in [6.45, 7) is 1.94. The molecule has 1 atom stereocenters. The summed E-state index contributed by atoms with van der Waals surface area (Å²) in [7, 11) is 1.42. The summed E-state index contributed by atoms with van der Waals surface area (Å²) >= 11 is 6.05. The van der Waals surface area contributed by atoms with Gasteiger partial charge in [-0.3, -0.25) is 0 Å². The quantitative estimate of drug-likeness (QED) is 0.839. The minimum Gasteiger partial charge on any atom is -0.467 e. The van der Waals surface area contributed by atoms with Crippen molar-refractivity contribution < 1.29 is 9.53 Å². The highest BCUT2D eigenvalue weighted by Crippen LogP contribution is 2.35. The lowest BCUT2D eigenvalue weighted by molar-refractivity contribution is -0.142. The smallest absolute Gasteiger partial charge is 0.328 e. The van der Waals surface area contributed by atoms with Gasteiger partial charge in [0.1, 0.15) is 6.04 Å². The van der Waals surface area contributed by atoms with E-state index in [1.165, 1.54) is 7.11 Å². The summed E-state index contributed by atoms with van der Waals surface area (Å²) in [6, 6.07) is 5.39. The van der Waals surface area contributed by atoms with Crippen molar-refractivity contribution in [2.75, 3.05) is 12.4 Å². The van der Waals surface area contributed by atoms with E-state index in [4.69, 9.17) is 16.3 Å². The molecule has 17 heavy (non-hydrogen) atoms. The number of hydrogen-bond acceptors (Lipinski definition) is 3. The standard InChI is InChI=1S/C13H16ClNO2/c1-8-10(14)4-3-5-11(8)15-12(9-6-7-9)13(16)17-2/h3-5,9,12,15H,6-7H2,1-2H3. The summed E-state index contributed by atoms with van der Waals surface area (Å²) in [4.78, 5) is 11.7. The molecule has 1 aromatic rings. The fourth-order valence-corrected chi connectivity index (χ4v) is 2.03. The second-order valence-corrected chi connectivity index (χ2v) is 4.80. The number of hydrogen-bond donors (Lipinski definition) is 1. The van der Waals surface area contributed by atoms with Crippen LogP contribution >= 0.6 is 11.6 Å². The minimum atomic E-state index is -0.253. The number of halogens is 1. The van der Waals surface area contributed by atoms with Gasteiger partial charge in [0.2, 0.25) is 0 Å². The average Bonchev–Trinajstić information content (AvgIpc) is 3.14. The minimum absolute atomic E-state index is 0.202. The third-order valence-electron chi connectivity index (χ3n) is 3.13. The van der Waals surface area contributed by atoms with Crippen molar-refractivity contribution in [1.29, 1.82) is 0 Å². The maximum Gasteiger partial charge on any atom is 0.328 e. The molecule has 0 heterocycles. The summed E-state index contributed by atoms with van der Waals surface area (Å²) in [6.07, 6.45) is 2.15. The van der Waals surface area contributed by atoms with Crippen LogP contribution in [0.1, 0.15) is 18.4 Å². The number of nitrogens with one attached hydrogen (secondary N) is 1. The van der Waals surface area contributed by atoms with E-state index < -0.39 is 0 Å². The predicted octanol–water partition coefficient (Wildman–Crippen LogP) is 3.01. The maximum atomic E-state index is 11.7. The fourth-order valence-electron chi connectivity index (χ4n) is 1.86. The lowest BCUT2D eigenvalue weighted by atomic mass is 10.1. The van der Waals surface area contributed by atoms with Gasteiger partial charge in [-0.25, -0.2) is 4.79 Å². The monoisotopic (exact) mass is 253 g/mol. The molecule has 0 aliphatic heterocycles. The largest absolute Gasteiger partial charge is 0.467 e. The van der Waals surface area contributed by atoms with Crippen molar-refractivity contribution in [1.82, 2.24) is 0 Å². The van der Waals surface area contributed by atoms with Crippen LogP contribution in [0.3, 0.4) is 0 Å². The molecule has 1 aliphatic carbocycles. The van der Waals surface area contributed by atoms with E-state index in [0.29, 0.717) is 10.9 Å². The molecule has 1 aromatic carbocycles. The summed E-state index contributed by atoms with van der Waals surface area (Å²) in [5.74, 6) is 0.188. The second kappa shape index (κ2) is 4.96. The highest BCUT2D eigenvalue weighted by molar-refractivity contribution is 6.31. The van der Waals surface area contributed by atoms with Crippen LogP contribution in [0.15, 0.2) is 18.2 Å². The topological polar surface area (TPSA) is 38.3 Å². The molecule has 0 amide bonds. The highest BCUT2D eigenvalue weighted by atomic mass is 35.5. The van der Waals surface area contributed by atoms with E-state index in [2.05, 4.69) is 5.32 Å². The van der Waals surface area contributed by atoms with E-state index >= 15 is 0 Å². The van der Waals surface area contributed by atoms with Gasteiger partial charge in [-0.2, -0.15) is 0 Å². The Morgan fingerprint density at radius 1 is 1.53 bits per heavy atom. The Bertz CT molecular complexity index is 429. The summed E-state index contributed by atoms with van der Waals surface area (Å²) in [5.41, 5.74) is 1.86. The van der Waals surface area contributed by atoms with Crippen molar-refractivity contribution in [3.63, 3.8) is 0 Å². The number of esters is 1.